The van der Waals surface area contributed by atoms with Crippen molar-refractivity contribution in [1.82, 2.24) is 4.90 Å². The largest absolute Gasteiger partial charge is 0.463 e. The molecule has 0 saturated carbocycles. The van der Waals surface area contributed by atoms with Gasteiger partial charge in [-0.3, -0.25) is 19.3 Å². The molecular formula is C15H23NO8. The maximum absolute atomic E-state index is 11.5. The Balaban J connectivity index is 2.29. The molecule has 136 valence electrons. The van der Waals surface area contributed by atoms with Gasteiger partial charge in [-0.05, 0) is 14.0 Å². The van der Waals surface area contributed by atoms with Crippen molar-refractivity contribution < 1.29 is 38.1 Å². The first-order valence-electron chi connectivity index (χ1n) is 7.71. The van der Waals surface area contributed by atoms with Crippen LogP contribution in [0.5, 0.6) is 0 Å². The number of carbonyl (C=O) groups is 3. The minimum atomic E-state index is -0.914. The first kappa shape index (κ1) is 18.6. The van der Waals surface area contributed by atoms with E-state index < -0.39 is 48.6 Å². The zero-order chi connectivity index (χ0) is 18.0. The number of fused-ring (bicyclic) bond motifs is 1. The minimum Gasteiger partial charge on any atom is -0.463 e. The second kappa shape index (κ2) is 7.45. The third-order valence-corrected chi connectivity index (χ3v) is 4.04. The lowest BCUT2D eigenvalue weighted by molar-refractivity contribution is -0.260. The molecule has 0 aliphatic carbocycles. The molecule has 0 N–H and O–H groups in total. The quantitative estimate of drug-likeness (QED) is 0.507. The molecule has 0 radical (unpaired) electrons. The predicted octanol–water partition coefficient (Wildman–Crippen LogP) is -0.186. The SMILES string of the molecule is CC(=O)OCC1OC2OC(C)N(C)C2C(OC(C)=O)C1OC(C)=O. The van der Waals surface area contributed by atoms with Gasteiger partial charge < -0.3 is 23.7 Å². The fourth-order valence-corrected chi connectivity index (χ4v) is 2.96. The Morgan fingerprint density at radius 3 is 2.08 bits per heavy atom. The van der Waals surface area contributed by atoms with Gasteiger partial charge in [0.2, 0.25) is 0 Å². The molecule has 2 aliphatic rings. The van der Waals surface area contributed by atoms with Crippen molar-refractivity contribution >= 4 is 17.9 Å². The van der Waals surface area contributed by atoms with Gasteiger partial charge in [0.15, 0.2) is 18.5 Å². The van der Waals surface area contributed by atoms with Crippen LogP contribution >= 0.6 is 0 Å². The molecule has 0 amide bonds. The predicted molar refractivity (Wildman–Crippen MR) is 78.5 cm³/mol. The average Bonchev–Trinajstić information content (AvgIpc) is 2.73. The van der Waals surface area contributed by atoms with Crippen molar-refractivity contribution in [3.05, 3.63) is 0 Å². The standard InChI is InChI=1S/C15H23NO8/c1-7-16(5)12-14(23-10(4)19)13(22-9(3)18)11(6-20-8(2)17)24-15(12)21-7/h7,11-15H,6H2,1-5H3. The normalized spacial score (nSPS) is 35.9. The summed E-state index contributed by atoms with van der Waals surface area (Å²) in [5.41, 5.74) is 0. The minimum absolute atomic E-state index is 0.143. The summed E-state index contributed by atoms with van der Waals surface area (Å²) in [4.78, 5) is 36.0. The van der Waals surface area contributed by atoms with Gasteiger partial charge in [0, 0.05) is 20.8 Å². The molecule has 2 fully saturated rings. The van der Waals surface area contributed by atoms with Crippen LogP contribution in [0, 0.1) is 0 Å². The van der Waals surface area contributed by atoms with E-state index in [2.05, 4.69) is 0 Å². The van der Waals surface area contributed by atoms with Crippen molar-refractivity contribution in [2.45, 2.75) is 64.6 Å². The first-order valence-corrected chi connectivity index (χ1v) is 7.71. The zero-order valence-electron chi connectivity index (χ0n) is 14.4. The van der Waals surface area contributed by atoms with Crippen LogP contribution in [0.1, 0.15) is 27.7 Å². The second-order valence-electron chi connectivity index (χ2n) is 5.89. The van der Waals surface area contributed by atoms with E-state index in [9.17, 15) is 14.4 Å². The molecule has 0 aromatic heterocycles. The molecule has 2 heterocycles. The van der Waals surface area contributed by atoms with E-state index in [4.69, 9.17) is 23.7 Å². The van der Waals surface area contributed by atoms with Gasteiger partial charge in [-0.15, -0.1) is 0 Å². The Morgan fingerprint density at radius 1 is 0.958 bits per heavy atom. The van der Waals surface area contributed by atoms with Gasteiger partial charge in [0.05, 0.1) is 0 Å². The molecule has 9 heteroatoms. The molecule has 6 atom stereocenters. The zero-order valence-corrected chi connectivity index (χ0v) is 14.4. The summed E-state index contributed by atoms with van der Waals surface area (Å²) in [6.45, 7) is 5.47. The molecule has 0 aromatic rings. The summed E-state index contributed by atoms with van der Waals surface area (Å²) in [7, 11) is 1.80. The molecule has 0 aromatic carbocycles. The second-order valence-corrected chi connectivity index (χ2v) is 5.89. The topological polar surface area (TPSA) is 101 Å². The lowest BCUT2D eigenvalue weighted by atomic mass is 9.96. The first-order chi connectivity index (χ1) is 11.2. The number of nitrogens with zero attached hydrogens (tertiary/aromatic N) is 1. The summed E-state index contributed by atoms with van der Waals surface area (Å²) in [5.74, 6) is -1.57. The smallest absolute Gasteiger partial charge is 0.303 e. The monoisotopic (exact) mass is 345 g/mol. The van der Waals surface area contributed by atoms with E-state index in [1.54, 1.807) is 7.05 Å². The third kappa shape index (κ3) is 4.03. The number of carbonyl (C=O) groups excluding carboxylic acids is 3. The Hall–Kier alpha value is -1.71. The van der Waals surface area contributed by atoms with Crippen LogP contribution in [-0.4, -0.2) is 73.3 Å². The fraction of sp³-hybridized carbons (Fsp3) is 0.800. The molecular weight excluding hydrogens is 322 g/mol. The lowest BCUT2D eigenvalue weighted by Crippen LogP contribution is -2.63. The van der Waals surface area contributed by atoms with E-state index in [-0.39, 0.29) is 12.8 Å². The van der Waals surface area contributed by atoms with Gasteiger partial charge in [-0.2, -0.15) is 0 Å². The van der Waals surface area contributed by atoms with E-state index in [1.807, 2.05) is 11.8 Å². The molecule has 2 aliphatic heterocycles. The van der Waals surface area contributed by atoms with E-state index in [0.29, 0.717) is 0 Å². The van der Waals surface area contributed by atoms with E-state index >= 15 is 0 Å². The number of likely N-dealkylation sites (N-methyl/N-ethyl adjacent to an activating group) is 1. The van der Waals surface area contributed by atoms with Gasteiger partial charge in [-0.1, -0.05) is 0 Å². The number of hydrogen-bond acceptors (Lipinski definition) is 9. The Bertz CT molecular complexity index is 510. The van der Waals surface area contributed by atoms with Crippen LogP contribution in [0.3, 0.4) is 0 Å². The van der Waals surface area contributed by atoms with E-state index in [1.165, 1.54) is 20.8 Å². The van der Waals surface area contributed by atoms with Crippen LogP contribution in [0.4, 0.5) is 0 Å². The van der Waals surface area contributed by atoms with Gasteiger partial charge in [0.25, 0.3) is 0 Å². The van der Waals surface area contributed by atoms with Crippen molar-refractivity contribution in [3.8, 4) is 0 Å². The highest BCUT2D eigenvalue weighted by Crippen LogP contribution is 2.35. The maximum Gasteiger partial charge on any atom is 0.303 e. The van der Waals surface area contributed by atoms with Gasteiger partial charge in [-0.25, -0.2) is 0 Å². The summed E-state index contributed by atoms with van der Waals surface area (Å²) in [6.07, 6.45) is -3.49. The molecule has 0 bridgehead atoms. The van der Waals surface area contributed by atoms with Crippen molar-refractivity contribution in [3.63, 3.8) is 0 Å². The van der Waals surface area contributed by atoms with Gasteiger partial charge >= 0.3 is 17.9 Å². The Labute approximate surface area is 140 Å². The summed E-state index contributed by atoms with van der Waals surface area (Å²) < 4.78 is 27.3. The van der Waals surface area contributed by atoms with Crippen LogP contribution in [0.25, 0.3) is 0 Å². The van der Waals surface area contributed by atoms with Gasteiger partial charge in [0.1, 0.15) is 25.0 Å². The highest BCUT2D eigenvalue weighted by molar-refractivity contribution is 5.68. The lowest BCUT2D eigenvalue weighted by Gasteiger charge is -2.43. The summed E-state index contributed by atoms with van der Waals surface area (Å²) in [6, 6.07) is -0.443. The average molecular weight is 345 g/mol. The molecule has 6 unspecified atom stereocenters. The highest BCUT2D eigenvalue weighted by Gasteiger charge is 2.56. The molecule has 24 heavy (non-hydrogen) atoms. The van der Waals surface area contributed by atoms with Crippen LogP contribution in [-0.2, 0) is 38.1 Å². The number of hydrogen-bond donors (Lipinski definition) is 0. The molecule has 2 saturated heterocycles. The van der Waals surface area contributed by atoms with Crippen LogP contribution < -0.4 is 0 Å². The Kier molecular flexibility index (Phi) is 5.79. The van der Waals surface area contributed by atoms with Crippen LogP contribution in [0.15, 0.2) is 0 Å². The fourth-order valence-electron chi connectivity index (χ4n) is 2.96. The number of ether oxygens (including phenoxy) is 5. The van der Waals surface area contributed by atoms with Crippen molar-refractivity contribution in [1.29, 1.82) is 0 Å². The Morgan fingerprint density at radius 2 is 1.54 bits per heavy atom. The highest BCUT2D eigenvalue weighted by atomic mass is 16.7. The third-order valence-electron chi connectivity index (χ3n) is 4.04. The molecule has 9 nitrogen and oxygen atoms in total. The molecule has 2 rings (SSSR count). The van der Waals surface area contributed by atoms with Crippen molar-refractivity contribution in [2.75, 3.05) is 13.7 Å². The summed E-state index contributed by atoms with van der Waals surface area (Å²) in [5, 5.41) is 0. The number of esters is 3. The summed E-state index contributed by atoms with van der Waals surface area (Å²) >= 11 is 0. The van der Waals surface area contributed by atoms with Crippen molar-refractivity contribution in [2.24, 2.45) is 0 Å². The maximum atomic E-state index is 11.5. The van der Waals surface area contributed by atoms with Crippen LogP contribution in [0.2, 0.25) is 0 Å². The number of rotatable bonds is 4. The van der Waals surface area contributed by atoms with E-state index in [0.717, 1.165) is 0 Å². The molecule has 0 spiro atoms.